The van der Waals surface area contributed by atoms with Gasteiger partial charge in [0.25, 0.3) is 0 Å². The van der Waals surface area contributed by atoms with Crippen molar-refractivity contribution >= 4 is 23.0 Å². The average molecular weight is 452 g/mol. The van der Waals surface area contributed by atoms with Crippen LogP contribution < -0.4 is 5.32 Å². The molecule has 4 rings (SSSR count). The second kappa shape index (κ2) is 10.4. The van der Waals surface area contributed by atoms with Gasteiger partial charge in [-0.3, -0.25) is 0 Å². The van der Waals surface area contributed by atoms with E-state index >= 15 is 0 Å². The molecule has 1 aliphatic heterocycles. The minimum Gasteiger partial charge on any atom is -0.367 e. The smallest absolute Gasteiger partial charge is 0.142 e. The Hall–Kier alpha value is -2.59. The maximum Gasteiger partial charge on any atom is 0.142 e. The van der Waals surface area contributed by atoms with Crippen LogP contribution in [0.15, 0.2) is 67.2 Å². The van der Waals surface area contributed by atoms with Crippen LogP contribution in [0.2, 0.25) is 5.02 Å². The summed E-state index contributed by atoms with van der Waals surface area (Å²) in [6.07, 6.45) is 16.3. The van der Waals surface area contributed by atoms with E-state index in [9.17, 15) is 4.39 Å². The van der Waals surface area contributed by atoms with Crippen LogP contribution in [0, 0.1) is 5.82 Å². The summed E-state index contributed by atoms with van der Waals surface area (Å²) in [6.45, 7) is 6.44. The van der Waals surface area contributed by atoms with Crippen LogP contribution in [0.4, 0.5) is 10.2 Å². The van der Waals surface area contributed by atoms with Crippen molar-refractivity contribution in [2.24, 2.45) is 0 Å². The molecular formula is C27H31ClFN3. The van der Waals surface area contributed by atoms with Gasteiger partial charge >= 0.3 is 0 Å². The first-order valence-electron chi connectivity index (χ1n) is 11.6. The molecule has 0 bridgehead atoms. The van der Waals surface area contributed by atoms with E-state index in [4.69, 9.17) is 11.6 Å². The number of benzene rings is 1. The molecule has 1 aromatic carbocycles. The number of allylic oxidation sites excluding steroid dienone is 3. The van der Waals surface area contributed by atoms with Gasteiger partial charge in [-0.2, -0.15) is 0 Å². The zero-order valence-corrected chi connectivity index (χ0v) is 19.4. The molecule has 168 valence electrons. The van der Waals surface area contributed by atoms with Crippen molar-refractivity contribution in [3.8, 4) is 0 Å². The van der Waals surface area contributed by atoms with Crippen LogP contribution in [0.25, 0.3) is 5.57 Å². The Labute approximate surface area is 195 Å². The van der Waals surface area contributed by atoms with Crippen LogP contribution in [-0.2, 0) is 0 Å². The summed E-state index contributed by atoms with van der Waals surface area (Å²) in [5.41, 5.74) is 3.99. The molecule has 1 N–H and O–H groups in total. The predicted octanol–water partition coefficient (Wildman–Crippen LogP) is 7.89. The highest BCUT2D eigenvalue weighted by Crippen LogP contribution is 2.35. The minimum atomic E-state index is -0.386. The van der Waals surface area contributed by atoms with Crippen LogP contribution in [0.3, 0.4) is 0 Å². The average Bonchev–Trinajstić information content (AvgIpc) is 2.80. The van der Waals surface area contributed by atoms with E-state index in [0.717, 1.165) is 41.1 Å². The van der Waals surface area contributed by atoms with Gasteiger partial charge in [-0.05, 0) is 72.4 Å². The van der Waals surface area contributed by atoms with Crippen molar-refractivity contribution in [2.45, 2.75) is 64.0 Å². The molecule has 1 aliphatic carbocycles. The number of nitrogens with one attached hydrogen (secondary N) is 1. The molecule has 1 unspecified atom stereocenters. The molecule has 2 aliphatic rings. The number of anilines is 1. The van der Waals surface area contributed by atoms with E-state index in [-0.39, 0.29) is 16.9 Å². The fourth-order valence-corrected chi connectivity index (χ4v) is 4.76. The summed E-state index contributed by atoms with van der Waals surface area (Å²) >= 11 is 5.90. The summed E-state index contributed by atoms with van der Waals surface area (Å²) < 4.78 is 14.1. The molecule has 0 saturated heterocycles. The Morgan fingerprint density at radius 1 is 1.22 bits per heavy atom. The molecular weight excluding hydrogens is 421 g/mol. The van der Waals surface area contributed by atoms with Gasteiger partial charge in [-0.1, -0.05) is 56.9 Å². The zero-order chi connectivity index (χ0) is 22.5. The summed E-state index contributed by atoms with van der Waals surface area (Å²) in [4.78, 5) is 6.65. The topological polar surface area (TPSA) is 28.2 Å². The van der Waals surface area contributed by atoms with Gasteiger partial charge < -0.3 is 10.2 Å². The predicted molar refractivity (Wildman–Crippen MR) is 132 cm³/mol. The molecule has 0 radical (unpaired) electrons. The Bertz CT molecular complexity index is 1020. The lowest BCUT2D eigenvalue weighted by atomic mass is 9.95. The molecule has 0 spiro atoms. The third kappa shape index (κ3) is 5.24. The first-order valence-corrected chi connectivity index (χ1v) is 12.0. The Morgan fingerprint density at radius 2 is 2.03 bits per heavy atom. The van der Waals surface area contributed by atoms with Gasteiger partial charge in [0, 0.05) is 24.1 Å². The van der Waals surface area contributed by atoms with Gasteiger partial charge in [0.2, 0.25) is 0 Å². The van der Waals surface area contributed by atoms with Crippen LogP contribution in [0.1, 0.15) is 69.0 Å². The fraction of sp³-hybridized carbons (Fsp3) is 0.370. The van der Waals surface area contributed by atoms with E-state index in [2.05, 4.69) is 53.1 Å². The van der Waals surface area contributed by atoms with Crippen LogP contribution in [-0.4, -0.2) is 15.9 Å². The normalized spacial score (nSPS) is 17.9. The highest BCUT2D eigenvalue weighted by Gasteiger charge is 2.22. The first-order chi connectivity index (χ1) is 15.5. The largest absolute Gasteiger partial charge is 0.367 e. The fourth-order valence-electron chi connectivity index (χ4n) is 4.65. The Kier molecular flexibility index (Phi) is 7.31. The van der Waals surface area contributed by atoms with Crippen molar-refractivity contribution in [1.29, 1.82) is 0 Å². The van der Waals surface area contributed by atoms with Crippen molar-refractivity contribution in [1.82, 2.24) is 9.88 Å². The van der Waals surface area contributed by atoms with E-state index in [1.54, 1.807) is 6.07 Å². The molecule has 1 atom stereocenters. The van der Waals surface area contributed by atoms with Gasteiger partial charge in [0.1, 0.15) is 11.6 Å². The minimum absolute atomic E-state index is 0.00860. The van der Waals surface area contributed by atoms with Gasteiger partial charge in [-0.25, -0.2) is 9.37 Å². The first kappa shape index (κ1) is 22.6. The number of nitrogens with zero attached hydrogens (tertiary/aromatic N) is 2. The van der Waals surface area contributed by atoms with Crippen molar-refractivity contribution < 1.29 is 4.39 Å². The van der Waals surface area contributed by atoms with E-state index in [0.29, 0.717) is 6.04 Å². The van der Waals surface area contributed by atoms with Gasteiger partial charge in [0.15, 0.2) is 0 Å². The van der Waals surface area contributed by atoms with E-state index < -0.39 is 0 Å². The maximum atomic E-state index is 14.1. The zero-order valence-electron chi connectivity index (χ0n) is 18.7. The number of hydrogen-bond donors (Lipinski definition) is 1. The second-order valence-corrected chi connectivity index (χ2v) is 9.11. The quantitative estimate of drug-likeness (QED) is 0.463. The third-order valence-corrected chi connectivity index (χ3v) is 6.65. The summed E-state index contributed by atoms with van der Waals surface area (Å²) in [5.74, 6) is 0.542. The molecule has 0 amide bonds. The second-order valence-electron chi connectivity index (χ2n) is 8.70. The molecule has 3 nitrogen and oxygen atoms in total. The summed E-state index contributed by atoms with van der Waals surface area (Å²) in [5, 5.41) is 3.75. The number of halogens is 2. The van der Waals surface area contributed by atoms with E-state index in [1.807, 2.05) is 18.3 Å². The molecule has 1 aromatic heterocycles. The van der Waals surface area contributed by atoms with Gasteiger partial charge in [-0.15, -0.1) is 0 Å². The molecule has 32 heavy (non-hydrogen) atoms. The summed E-state index contributed by atoms with van der Waals surface area (Å²) in [7, 11) is 0. The van der Waals surface area contributed by atoms with Gasteiger partial charge in [0.05, 0.1) is 11.1 Å². The highest BCUT2D eigenvalue weighted by molar-refractivity contribution is 6.30. The lowest BCUT2D eigenvalue weighted by molar-refractivity contribution is 0.331. The Morgan fingerprint density at radius 3 is 2.75 bits per heavy atom. The number of rotatable bonds is 7. The molecule has 1 saturated carbocycles. The molecule has 1 fully saturated rings. The lowest BCUT2D eigenvalue weighted by Crippen LogP contribution is -2.24. The standard InChI is InChI=1S/C27H31ClFN3/c1-3-7-26(22-10-11-24(28)25(29)17-22)32-15-13-21(16-19(32)2)20-12-14-30-27(18-20)31-23-8-5-4-6-9-23/h10-18,23,26H,2-9H2,1H3,(H,30,31). The van der Waals surface area contributed by atoms with E-state index in [1.165, 1.54) is 38.2 Å². The molecule has 5 heteroatoms. The Balaban J connectivity index is 1.52. The lowest BCUT2D eigenvalue weighted by Gasteiger charge is -2.34. The monoisotopic (exact) mass is 451 g/mol. The molecule has 2 heterocycles. The number of hydrogen-bond acceptors (Lipinski definition) is 3. The van der Waals surface area contributed by atoms with Crippen molar-refractivity contribution in [3.63, 3.8) is 0 Å². The third-order valence-electron chi connectivity index (χ3n) is 6.35. The molecule has 2 aromatic rings. The maximum absolute atomic E-state index is 14.1. The number of pyridine rings is 1. The van der Waals surface area contributed by atoms with Crippen molar-refractivity contribution in [2.75, 3.05) is 5.32 Å². The SMILES string of the molecule is C=C1C=C(c2ccnc(NC3CCCCC3)c2)C=CN1C(CCC)c1ccc(Cl)c(F)c1. The van der Waals surface area contributed by atoms with Crippen molar-refractivity contribution in [3.05, 3.63) is 89.1 Å². The van der Waals surface area contributed by atoms with Crippen LogP contribution in [0.5, 0.6) is 0 Å². The highest BCUT2D eigenvalue weighted by atomic mass is 35.5. The number of aromatic nitrogens is 1. The van der Waals surface area contributed by atoms with Crippen LogP contribution >= 0.6 is 11.6 Å². The summed E-state index contributed by atoms with van der Waals surface area (Å²) in [6, 6.07) is 9.74.